The minimum Gasteiger partial charge on any atom is -0.497 e. The number of amides is 2. The number of hydrogen-bond donors (Lipinski definition) is 2. The lowest BCUT2D eigenvalue weighted by atomic mass is 10.2. The molecule has 170 valence electrons. The van der Waals surface area contributed by atoms with E-state index in [9.17, 15) is 9.59 Å². The van der Waals surface area contributed by atoms with Gasteiger partial charge in [-0.3, -0.25) is 9.59 Å². The average molecular weight is 466 g/mol. The van der Waals surface area contributed by atoms with Gasteiger partial charge in [0, 0.05) is 21.7 Å². The van der Waals surface area contributed by atoms with Gasteiger partial charge in [0.25, 0.3) is 11.8 Å². The predicted molar refractivity (Wildman–Crippen MR) is 128 cm³/mol. The molecule has 8 heteroatoms. The summed E-state index contributed by atoms with van der Waals surface area (Å²) in [5, 5.41) is 7.26. The van der Waals surface area contributed by atoms with E-state index in [1.807, 2.05) is 36.4 Å². The van der Waals surface area contributed by atoms with E-state index in [1.165, 1.54) is 6.21 Å². The molecule has 3 aromatic rings. The molecule has 3 rings (SSSR count). The summed E-state index contributed by atoms with van der Waals surface area (Å²) in [5.74, 6) is 0.407. The number of rotatable bonds is 9. The standard InChI is InChI=1S/C25H24ClN3O4/c1-17(28-25(31)18-11-13-21(32-2)14-12-18)24(30)29-27-15-19-7-4-6-10-23(19)33-16-20-8-3-5-9-22(20)26/h3-15,17H,16H2,1-2H3,(H,28,31)(H,29,30). The summed E-state index contributed by atoms with van der Waals surface area (Å²) < 4.78 is 10.9. The number of ether oxygens (including phenoxy) is 2. The average Bonchev–Trinajstić information content (AvgIpc) is 2.84. The number of hydrogen-bond acceptors (Lipinski definition) is 5. The second-order valence-corrected chi connectivity index (χ2v) is 7.48. The Hall–Kier alpha value is -3.84. The Morgan fingerprint density at radius 2 is 1.73 bits per heavy atom. The van der Waals surface area contributed by atoms with Gasteiger partial charge in [-0.15, -0.1) is 0 Å². The highest BCUT2D eigenvalue weighted by atomic mass is 35.5. The highest BCUT2D eigenvalue weighted by molar-refractivity contribution is 6.31. The minimum atomic E-state index is -0.788. The number of nitrogens with zero attached hydrogens (tertiary/aromatic N) is 1. The van der Waals surface area contributed by atoms with Crippen LogP contribution in [-0.4, -0.2) is 31.2 Å². The van der Waals surface area contributed by atoms with E-state index >= 15 is 0 Å². The Kier molecular flexibility index (Phi) is 8.43. The molecule has 0 bridgehead atoms. The molecule has 0 aliphatic rings. The van der Waals surface area contributed by atoms with Gasteiger partial charge in [-0.25, -0.2) is 5.43 Å². The van der Waals surface area contributed by atoms with Crippen molar-refractivity contribution in [3.05, 3.63) is 94.5 Å². The first-order chi connectivity index (χ1) is 16.0. The zero-order valence-corrected chi connectivity index (χ0v) is 19.0. The molecule has 7 nitrogen and oxygen atoms in total. The van der Waals surface area contributed by atoms with E-state index < -0.39 is 11.9 Å². The number of carbonyl (C=O) groups excluding carboxylic acids is 2. The zero-order chi connectivity index (χ0) is 23.6. The van der Waals surface area contributed by atoms with Crippen LogP contribution < -0.4 is 20.2 Å². The molecule has 0 aliphatic carbocycles. The predicted octanol–water partition coefficient (Wildman–Crippen LogP) is 4.20. The van der Waals surface area contributed by atoms with Crippen LogP contribution in [0.25, 0.3) is 0 Å². The zero-order valence-electron chi connectivity index (χ0n) is 18.2. The van der Waals surface area contributed by atoms with Crippen molar-refractivity contribution in [3.63, 3.8) is 0 Å². The largest absolute Gasteiger partial charge is 0.497 e. The van der Waals surface area contributed by atoms with Crippen LogP contribution in [-0.2, 0) is 11.4 Å². The number of benzene rings is 3. The summed E-state index contributed by atoms with van der Waals surface area (Å²) in [6.45, 7) is 1.87. The summed E-state index contributed by atoms with van der Waals surface area (Å²) in [7, 11) is 1.55. The highest BCUT2D eigenvalue weighted by Gasteiger charge is 2.16. The number of hydrazone groups is 1. The van der Waals surface area contributed by atoms with E-state index in [4.69, 9.17) is 21.1 Å². The van der Waals surface area contributed by atoms with Gasteiger partial charge in [-0.1, -0.05) is 41.9 Å². The van der Waals surface area contributed by atoms with E-state index in [-0.39, 0.29) is 5.91 Å². The third kappa shape index (κ3) is 6.82. The van der Waals surface area contributed by atoms with Crippen LogP contribution in [0.1, 0.15) is 28.4 Å². The maximum absolute atomic E-state index is 12.3. The lowest BCUT2D eigenvalue weighted by Crippen LogP contribution is -2.43. The fourth-order valence-corrected chi connectivity index (χ4v) is 3.03. The maximum atomic E-state index is 12.3. The highest BCUT2D eigenvalue weighted by Crippen LogP contribution is 2.21. The van der Waals surface area contributed by atoms with Crippen LogP contribution in [0.2, 0.25) is 5.02 Å². The first-order valence-corrected chi connectivity index (χ1v) is 10.6. The van der Waals surface area contributed by atoms with Crippen molar-refractivity contribution in [1.29, 1.82) is 0 Å². The number of carbonyl (C=O) groups is 2. The topological polar surface area (TPSA) is 89.0 Å². The Balaban J connectivity index is 1.55. The molecule has 0 spiro atoms. The molecule has 0 aromatic heterocycles. The fraction of sp³-hybridized carbons (Fsp3) is 0.160. The van der Waals surface area contributed by atoms with Crippen molar-refractivity contribution >= 4 is 29.6 Å². The molecule has 33 heavy (non-hydrogen) atoms. The molecule has 0 radical (unpaired) electrons. The number of halogens is 1. The van der Waals surface area contributed by atoms with Crippen molar-refractivity contribution < 1.29 is 19.1 Å². The Labute approximate surface area is 197 Å². The molecule has 3 aromatic carbocycles. The van der Waals surface area contributed by atoms with E-state index in [0.29, 0.717) is 34.3 Å². The second kappa shape index (κ2) is 11.7. The van der Waals surface area contributed by atoms with Crippen molar-refractivity contribution in [2.75, 3.05) is 7.11 Å². The molecule has 0 aliphatic heterocycles. The first-order valence-electron chi connectivity index (χ1n) is 10.2. The van der Waals surface area contributed by atoms with Crippen LogP contribution >= 0.6 is 11.6 Å². The summed E-state index contributed by atoms with van der Waals surface area (Å²) in [5.41, 5.74) is 4.40. The van der Waals surface area contributed by atoms with Crippen LogP contribution in [0.4, 0.5) is 0 Å². The Morgan fingerprint density at radius 3 is 2.45 bits per heavy atom. The molecular weight excluding hydrogens is 442 g/mol. The first kappa shape index (κ1) is 23.8. The van der Waals surface area contributed by atoms with Gasteiger partial charge in [-0.05, 0) is 49.4 Å². The van der Waals surface area contributed by atoms with Crippen LogP contribution in [0.5, 0.6) is 11.5 Å². The van der Waals surface area contributed by atoms with Gasteiger partial charge < -0.3 is 14.8 Å². The van der Waals surface area contributed by atoms with Crippen molar-refractivity contribution in [1.82, 2.24) is 10.7 Å². The van der Waals surface area contributed by atoms with E-state index in [2.05, 4.69) is 15.8 Å². The van der Waals surface area contributed by atoms with Crippen LogP contribution in [0.15, 0.2) is 77.9 Å². The van der Waals surface area contributed by atoms with Crippen molar-refractivity contribution in [3.8, 4) is 11.5 Å². The monoisotopic (exact) mass is 465 g/mol. The van der Waals surface area contributed by atoms with Crippen LogP contribution in [0.3, 0.4) is 0 Å². The molecule has 2 amide bonds. The maximum Gasteiger partial charge on any atom is 0.262 e. The molecule has 0 fully saturated rings. The number of methoxy groups -OCH3 is 1. The lowest BCUT2D eigenvalue weighted by Gasteiger charge is -2.12. The minimum absolute atomic E-state index is 0.297. The quantitative estimate of drug-likeness (QED) is 0.366. The second-order valence-electron chi connectivity index (χ2n) is 7.08. The fourth-order valence-electron chi connectivity index (χ4n) is 2.84. The van der Waals surface area contributed by atoms with Gasteiger partial charge in [0.1, 0.15) is 24.1 Å². The molecule has 0 saturated heterocycles. The molecular formula is C25H24ClN3O4. The van der Waals surface area contributed by atoms with Crippen molar-refractivity contribution in [2.45, 2.75) is 19.6 Å². The molecule has 1 atom stereocenters. The van der Waals surface area contributed by atoms with Gasteiger partial charge in [-0.2, -0.15) is 5.10 Å². The van der Waals surface area contributed by atoms with Gasteiger partial charge in [0.05, 0.1) is 13.3 Å². The summed E-state index contributed by atoms with van der Waals surface area (Å²) >= 11 is 6.18. The number of nitrogens with one attached hydrogen (secondary N) is 2. The third-order valence-electron chi connectivity index (χ3n) is 4.73. The molecule has 0 heterocycles. The number of para-hydroxylation sites is 1. The van der Waals surface area contributed by atoms with Crippen LogP contribution in [0, 0.1) is 0 Å². The van der Waals surface area contributed by atoms with Gasteiger partial charge >= 0.3 is 0 Å². The lowest BCUT2D eigenvalue weighted by molar-refractivity contribution is -0.122. The Morgan fingerprint density at radius 1 is 1.03 bits per heavy atom. The SMILES string of the molecule is COc1ccc(C(=O)NC(C)C(=O)NN=Cc2ccccc2OCc2ccccc2Cl)cc1. The summed E-state index contributed by atoms with van der Waals surface area (Å²) in [4.78, 5) is 24.6. The summed E-state index contributed by atoms with van der Waals surface area (Å²) in [6, 6.07) is 20.5. The normalized spacial score (nSPS) is 11.6. The molecule has 2 N–H and O–H groups in total. The molecule has 0 saturated carbocycles. The Bertz CT molecular complexity index is 1130. The van der Waals surface area contributed by atoms with E-state index in [0.717, 1.165) is 5.56 Å². The van der Waals surface area contributed by atoms with E-state index in [1.54, 1.807) is 50.4 Å². The summed E-state index contributed by atoms with van der Waals surface area (Å²) in [6.07, 6.45) is 1.48. The van der Waals surface area contributed by atoms with Gasteiger partial charge in [0.15, 0.2) is 0 Å². The smallest absolute Gasteiger partial charge is 0.262 e. The van der Waals surface area contributed by atoms with Gasteiger partial charge in [0.2, 0.25) is 0 Å². The molecule has 1 unspecified atom stereocenters. The van der Waals surface area contributed by atoms with Crippen molar-refractivity contribution in [2.24, 2.45) is 5.10 Å². The third-order valence-corrected chi connectivity index (χ3v) is 5.10.